The summed E-state index contributed by atoms with van der Waals surface area (Å²) in [6.45, 7) is -2.82. The lowest BCUT2D eigenvalue weighted by molar-refractivity contribution is -0.381. The molecule has 9 heterocycles. The van der Waals surface area contributed by atoms with Gasteiger partial charge in [-0.1, -0.05) is 0 Å². The quantitative estimate of drug-likeness (QED) is 0.0568. The van der Waals surface area contributed by atoms with Gasteiger partial charge in [0.25, 0.3) is 0 Å². The maximum atomic E-state index is 12.2. The number of ether oxygens (including phenoxy) is 17. The maximum absolute atomic E-state index is 12.2. The van der Waals surface area contributed by atoms with E-state index in [4.69, 9.17) is 84.7 Å². The summed E-state index contributed by atoms with van der Waals surface area (Å²) in [5.41, 5.74) is 0. The van der Waals surface area contributed by atoms with Crippen LogP contribution in [0.15, 0.2) is 0 Å². The van der Waals surface area contributed by atoms with E-state index in [9.17, 15) is 64.0 Å². The SMILES string of the molecule is COC1C(OC2C(O)C(CO)OC(OC3C4COC3C(OC)C(OC3C(O)C(OC5C6COC5C(OC)C(OC5C(O)C(O)OC(CO)C5O)O6)OC(CO)C3OS(=O)(=O)O)O4)C2O)OC2COC1C2O. The van der Waals surface area contributed by atoms with E-state index in [1.165, 1.54) is 21.3 Å². The highest BCUT2D eigenvalue weighted by Crippen LogP contribution is 2.42. The lowest BCUT2D eigenvalue weighted by Crippen LogP contribution is -2.67. The number of fused-ring (bicyclic) bond motifs is 6. The number of rotatable bonds is 18. The Morgan fingerprint density at radius 1 is 0.408 bits per heavy atom. The van der Waals surface area contributed by atoms with Crippen molar-refractivity contribution in [2.24, 2.45) is 0 Å². The molecule has 0 spiro atoms. The van der Waals surface area contributed by atoms with Crippen molar-refractivity contribution in [3.63, 3.8) is 0 Å². The van der Waals surface area contributed by atoms with Gasteiger partial charge in [0.2, 0.25) is 0 Å². The van der Waals surface area contributed by atoms with Gasteiger partial charge >= 0.3 is 10.4 Å². The van der Waals surface area contributed by atoms with Crippen LogP contribution < -0.4 is 0 Å². The van der Waals surface area contributed by atoms with E-state index in [-0.39, 0.29) is 19.8 Å². The van der Waals surface area contributed by atoms with Crippen LogP contribution in [0.5, 0.6) is 0 Å². The number of hydrogen-bond acceptors (Lipinski definition) is 30. The molecule has 9 fully saturated rings. The Kier molecular flexibility index (Phi) is 17.2. The molecule has 31 nitrogen and oxygen atoms in total. The molecule has 410 valence electrons. The van der Waals surface area contributed by atoms with E-state index in [0.717, 1.165) is 0 Å². The third-order valence-corrected chi connectivity index (χ3v) is 14.6. The first-order chi connectivity index (χ1) is 33.9. The van der Waals surface area contributed by atoms with Crippen molar-refractivity contribution in [2.75, 3.05) is 61.0 Å². The first-order valence-corrected chi connectivity index (χ1v) is 24.2. The highest BCUT2D eigenvalue weighted by molar-refractivity contribution is 7.80. The number of methoxy groups -OCH3 is 3. The van der Waals surface area contributed by atoms with Crippen molar-refractivity contribution in [2.45, 2.75) is 184 Å². The molecule has 9 saturated heterocycles. The molecule has 11 N–H and O–H groups in total. The molecular formula is C39H62O31S. The van der Waals surface area contributed by atoms with Gasteiger partial charge in [0.15, 0.2) is 37.7 Å². The normalized spacial score (nSPS) is 53.0. The van der Waals surface area contributed by atoms with Crippen LogP contribution in [0, 0.1) is 0 Å². The Labute approximate surface area is 403 Å². The van der Waals surface area contributed by atoms with Crippen molar-refractivity contribution in [3.8, 4) is 0 Å². The first-order valence-electron chi connectivity index (χ1n) is 22.8. The minimum absolute atomic E-state index is 0.0302. The molecule has 0 saturated carbocycles. The summed E-state index contributed by atoms with van der Waals surface area (Å²) in [6, 6.07) is 0. The summed E-state index contributed by atoms with van der Waals surface area (Å²) in [5.74, 6) is 0. The fraction of sp³-hybridized carbons (Fsp3) is 1.00. The Hall–Kier alpha value is -1.21. The van der Waals surface area contributed by atoms with Gasteiger partial charge in [-0.05, 0) is 0 Å². The van der Waals surface area contributed by atoms with E-state index in [0.29, 0.717) is 0 Å². The van der Waals surface area contributed by atoms with E-state index in [1.54, 1.807) is 0 Å². The largest absolute Gasteiger partial charge is 0.397 e. The summed E-state index contributed by atoms with van der Waals surface area (Å²) < 4.78 is 139. The van der Waals surface area contributed by atoms with Crippen molar-refractivity contribution < 1.29 is 149 Å². The van der Waals surface area contributed by atoms with Gasteiger partial charge in [0, 0.05) is 21.3 Å². The fourth-order valence-corrected chi connectivity index (χ4v) is 11.1. The zero-order valence-electron chi connectivity index (χ0n) is 38.1. The zero-order chi connectivity index (χ0) is 50.8. The van der Waals surface area contributed by atoms with Crippen LogP contribution in [0.2, 0.25) is 0 Å². The third-order valence-electron chi connectivity index (χ3n) is 14.1. The first kappa shape index (κ1) is 54.6. The average molecular weight is 1060 g/mol. The van der Waals surface area contributed by atoms with Gasteiger partial charge in [0.05, 0.1) is 39.6 Å². The van der Waals surface area contributed by atoms with E-state index in [2.05, 4.69) is 0 Å². The summed E-state index contributed by atoms with van der Waals surface area (Å²) in [5, 5.41) is 107. The number of hydrogen-bond donors (Lipinski definition) is 11. The molecule has 0 aromatic rings. The van der Waals surface area contributed by atoms with E-state index >= 15 is 0 Å². The van der Waals surface area contributed by atoms with Gasteiger partial charge in [0.1, 0.15) is 146 Å². The van der Waals surface area contributed by atoms with Crippen LogP contribution in [0.25, 0.3) is 0 Å². The molecule has 0 aliphatic carbocycles. The molecule has 0 aromatic carbocycles. The lowest BCUT2D eigenvalue weighted by atomic mass is 9.96. The molecule has 9 aliphatic rings. The number of aliphatic hydroxyl groups excluding tert-OH is 10. The molecule has 0 aromatic heterocycles. The van der Waals surface area contributed by atoms with E-state index in [1.807, 2.05) is 0 Å². The minimum Gasteiger partial charge on any atom is -0.394 e. The fourth-order valence-electron chi connectivity index (χ4n) is 10.5. The van der Waals surface area contributed by atoms with Crippen molar-refractivity contribution >= 4 is 10.4 Å². The smallest absolute Gasteiger partial charge is 0.394 e. The van der Waals surface area contributed by atoms with Gasteiger partial charge in [-0.25, -0.2) is 4.18 Å². The molecule has 30 unspecified atom stereocenters. The highest BCUT2D eigenvalue weighted by atomic mass is 32.3. The molecule has 71 heavy (non-hydrogen) atoms. The van der Waals surface area contributed by atoms with Gasteiger partial charge in [-0.15, -0.1) is 0 Å². The predicted octanol–water partition coefficient (Wildman–Crippen LogP) is -9.17. The second-order valence-corrected chi connectivity index (χ2v) is 19.3. The van der Waals surface area contributed by atoms with Crippen molar-refractivity contribution in [1.82, 2.24) is 0 Å². The van der Waals surface area contributed by atoms with Crippen molar-refractivity contribution in [1.29, 1.82) is 0 Å². The molecule has 0 radical (unpaired) electrons. The molecule has 6 bridgehead atoms. The minimum atomic E-state index is -5.35. The monoisotopic (exact) mass is 1060 g/mol. The zero-order valence-corrected chi connectivity index (χ0v) is 38.9. The summed E-state index contributed by atoms with van der Waals surface area (Å²) in [7, 11) is -1.54. The maximum Gasteiger partial charge on any atom is 0.397 e. The summed E-state index contributed by atoms with van der Waals surface area (Å²) in [4.78, 5) is 0. The standard InChI is InChI=1S/C39H62O31S/c1-53-31-27-18(45)13(7-56-27)62-37(31)68-26-17(44)11(5-41)60-35(20(26)47)65-22-15-9-58-30(22)33(55-3)39(64-15)69-28-21(48)36(61-12(6-42)24(28)70-71(50,51)52)66-23-14-8-57-29(23)32(54-2)38(63-14)67-25-16(43)10(4-40)59-34(49)19(25)46/h10-49H,4-9H2,1-3H3,(H,50,51,52). The van der Waals surface area contributed by atoms with Crippen LogP contribution in [0.4, 0.5) is 0 Å². The Bertz CT molecular complexity index is 1860. The Morgan fingerprint density at radius 2 is 0.803 bits per heavy atom. The molecule has 32 heteroatoms. The summed E-state index contributed by atoms with van der Waals surface area (Å²) >= 11 is 0. The second kappa shape index (κ2) is 22.4. The molecule has 9 rings (SSSR count). The van der Waals surface area contributed by atoms with Gasteiger partial charge in [-0.2, -0.15) is 8.42 Å². The van der Waals surface area contributed by atoms with Gasteiger partial charge in [-0.3, -0.25) is 4.55 Å². The topological polar surface area (TPSA) is 423 Å². The molecular weight excluding hydrogens is 996 g/mol. The lowest BCUT2D eigenvalue weighted by Gasteiger charge is -2.49. The Balaban J connectivity index is 0.894. The van der Waals surface area contributed by atoms with Crippen LogP contribution in [-0.2, 0) is 95.1 Å². The molecule has 0 amide bonds. The van der Waals surface area contributed by atoms with Crippen LogP contribution in [0.3, 0.4) is 0 Å². The van der Waals surface area contributed by atoms with E-state index < -0.39 is 214 Å². The van der Waals surface area contributed by atoms with Crippen molar-refractivity contribution in [3.05, 3.63) is 0 Å². The third kappa shape index (κ3) is 10.5. The predicted molar refractivity (Wildman–Crippen MR) is 214 cm³/mol. The number of aliphatic hydroxyl groups is 10. The summed E-state index contributed by atoms with van der Waals surface area (Å²) in [6.07, 6.45) is -42.7. The molecule has 9 aliphatic heterocycles. The van der Waals surface area contributed by atoms with Crippen LogP contribution >= 0.6 is 0 Å². The Morgan fingerprint density at radius 3 is 1.30 bits per heavy atom. The molecule has 30 atom stereocenters. The van der Waals surface area contributed by atoms with Crippen LogP contribution in [-0.4, -0.2) is 309 Å². The second-order valence-electron chi connectivity index (χ2n) is 18.3. The highest BCUT2D eigenvalue weighted by Gasteiger charge is 2.62. The average Bonchev–Trinajstić information content (AvgIpc) is 3.88. The van der Waals surface area contributed by atoms with Crippen LogP contribution in [0.1, 0.15) is 0 Å². The van der Waals surface area contributed by atoms with Gasteiger partial charge < -0.3 is 132 Å².